The monoisotopic (exact) mass is 268 g/mol. The standard InChI is InChI=1S/C7H9ClN2O5S/c1-15-3-2-10-6(16(8,13)14)5(4-9-10)7(11)12/h4H,2-3H2,1H3,(H,11,12). The van der Waals surface area contributed by atoms with Crippen molar-refractivity contribution in [1.82, 2.24) is 9.78 Å². The number of carboxylic acid groups (broad SMARTS) is 1. The number of carbonyl (C=O) groups is 1. The number of carboxylic acids is 1. The zero-order chi connectivity index (χ0) is 12.3. The van der Waals surface area contributed by atoms with Crippen LogP contribution in [-0.4, -0.2) is 43.0 Å². The SMILES string of the molecule is COCCn1ncc(C(=O)O)c1S(=O)(=O)Cl. The van der Waals surface area contributed by atoms with E-state index in [4.69, 9.17) is 20.5 Å². The maximum absolute atomic E-state index is 11.2. The van der Waals surface area contributed by atoms with Crippen LogP contribution in [0.25, 0.3) is 0 Å². The van der Waals surface area contributed by atoms with Crippen LogP contribution < -0.4 is 0 Å². The molecule has 1 rings (SSSR count). The minimum atomic E-state index is -4.16. The molecule has 0 saturated carbocycles. The molecule has 0 fully saturated rings. The third-order valence-electron chi connectivity index (χ3n) is 1.76. The van der Waals surface area contributed by atoms with Crippen LogP contribution in [0, 0.1) is 0 Å². The number of hydrogen-bond donors (Lipinski definition) is 1. The summed E-state index contributed by atoms with van der Waals surface area (Å²) in [6.45, 7) is 0.297. The third kappa shape index (κ3) is 2.71. The van der Waals surface area contributed by atoms with Crippen LogP contribution in [0.15, 0.2) is 11.2 Å². The van der Waals surface area contributed by atoms with E-state index in [1.807, 2.05) is 0 Å². The summed E-state index contributed by atoms with van der Waals surface area (Å²) in [6.07, 6.45) is 0.938. The van der Waals surface area contributed by atoms with Crippen LogP contribution in [-0.2, 0) is 20.3 Å². The molecule has 1 aromatic rings. The van der Waals surface area contributed by atoms with Crippen molar-refractivity contribution in [2.24, 2.45) is 0 Å². The first-order chi connectivity index (χ1) is 7.38. The van der Waals surface area contributed by atoms with Crippen molar-refractivity contribution in [2.75, 3.05) is 13.7 Å². The van der Waals surface area contributed by atoms with Crippen LogP contribution in [0.1, 0.15) is 10.4 Å². The maximum atomic E-state index is 11.2. The average molecular weight is 269 g/mol. The third-order valence-corrected chi connectivity index (χ3v) is 3.09. The fraction of sp³-hybridized carbons (Fsp3) is 0.429. The molecule has 0 atom stereocenters. The van der Waals surface area contributed by atoms with Crippen molar-refractivity contribution in [3.05, 3.63) is 11.8 Å². The molecule has 1 heterocycles. The summed E-state index contributed by atoms with van der Waals surface area (Å²) in [5.41, 5.74) is -0.453. The smallest absolute Gasteiger partial charge is 0.340 e. The quantitative estimate of drug-likeness (QED) is 0.764. The number of methoxy groups -OCH3 is 1. The van der Waals surface area contributed by atoms with Crippen molar-refractivity contribution >= 4 is 25.7 Å². The Balaban J connectivity index is 3.26. The Morgan fingerprint density at radius 2 is 2.31 bits per heavy atom. The summed E-state index contributed by atoms with van der Waals surface area (Å²) < 4.78 is 28.1. The predicted octanol–water partition coefficient (Wildman–Crippen LogP) is 0.155. The Hall–Kier alpha value is -1.12. The normalized spacial score (nSPS) is 11.6. The first-order valence-electron chi connectivity index (χ1n) is 4.10. The molecule has 0 unspecified atom stereocenters. The van der Waals surface area contributed by atoms with Crippen LogP contribution in [0.2, 0.25) is 0 Å². The Bertz CT molecular complexity index is 495. The maximum Gasteiger partial charge on any atom is 0.340 e. The molecular formula is C7H9ClN2O5S. The number of rotatable bonds is 5. The van der Waals surface area contributed by atoms with Crippen molar-refractivity contribution in [2.45, 2.75) is 11.6 Å². The molecule has 0 radical (unpaired) electrons. The van der Waals surface area contributed by atoms with Gasteiger partial charge < -0.3 is 9.84 Å². The lowest BCUT2D eigenvalue weighted by Crippen LogP contribution is -2.13. The Labute approximate surface area is 96.0 Å². The highest BCUT2D eigenvalue weighted by Crippen LogP contribution is 2.19. The topological polar surface area (TPSA) is 98.5 Å². The van der Waals surface area contributed by atoms with Gasteiger partial charge in [-0.15, -0.1) is 0 Å². The van der Waals surface area contributed by atoms with Gasteiger partial charge in [-0.2, -0.15) is 5.10 Å². The zero-order valence-electron chi connectivity index (χ0n) is 8.25. The van der Waals surface area contributed by atoms with Crippen molar-refractivity contribution in [1.29, 1.82) is 0 Å². The molecule has 0 spiro atoms. The van der Waals surface area contributed by atoms with Gasteiger partial charge >= 0.3 is 5.97 Å². The van der Waals surface area contributed by atoms with Gasteiger partial charge in [0.15, 0.2) is 5.03 Å². The molecular weight excluding hydrogens is 260 g/mol. The van der Waals surface area contributed by atoms with Gasteiger partial charge in [0, 0.05) is 17.8 Å². The summed E-state index contributed by atoms with van der Waals surface area (Å²) in [4.78, 5) is 10.7. The van der Waals surface area contributed by atoms with Gasteiger partial charge in [-0.1, -0.05) is 0 Å². The van der Waals surface area contributed by atoms with Crippen LogP contribution in [0.4, 0.5) is 0 Å². The molecule has 0 amide bonds. The first kappa shape index (κ1) is 12.9. The van der Waals surface area contributed by atoms with Crippen LogP contribution >= 0.6 is 10.7 Å². The van der Waals surface area contributed by atoms with Crippen molar-refractivity contribution < 1.29 is 23.1 Å². The van der Waals surface area contributed by atoms with Gasteiger partial charge in [-0.25, -0.2) is 17.9 Å². The largest absolute Gasteiger partial charge is 0.478 e. The molecule has 0 aliphatic carbocycles. The van der Waals surface area contributed by atoms with Gasteiger partial charge in [0.25, 0.3) is 9.05 Å². The molecule has 90 valence electrons. The van der Waals surface area contributed by atoms with E-state index in [1.54, 1.807) is 0 Å². The number of nitrogens with zero attached hydrogens (tertiary/aromatic N) is 2. The summed E-state index contributed by atoms with van der Waals surface area (Å²) >= 11 is 0. The second kappa shape index (κ2) is 4.81. The second-order valence-electron chi connectivity index (χ2n) is 2.82. The molecule has 9 heteroatoms. The lowest BCUT2D eigenvalue weighted by molar-refractivity contribution is 0.0691. The van der Waals surface area contributed by atoms with Crippen LogP contribution in [0.3, 0.4) is 0 Å². The minimum Gasteiger partial charge on any atom is -0.478 e. The van der Waals surface area contributed by atoms with E-state index in [2.05, 4.69) is 5.10 Å². The van der Waals surface area contributed by atoms with Gasteiger partial charge in [-0.3, -0.25) is 0 Å². The molecule has 1 N–H and O–H groups in total. The van der Waals surface area contributed by atoms with Gasteiger partial charge in [0.2, 0.25) is 0 Å². The van der Waals surface area contributed by atoms with Gasteiger partial charge in [0.05, 0.1) is 19.3 Å². The number of aromatic nitrogens is 2. The highest BCUT2D eigenvalue weighted by Gasteiger charge is 2.26. The molecule has 0 aliphatic heterocycles. The summed E-state index contributed by atoms with van der Waals surface area (Å²) in [5.74, 6) is -1.40. The highest BCUT2D eigenvalue weighted by molar-refractivity contribution is 8.13. The number of aromatic carboxylic acids is 1. The fourth-order valence-electron chi connectivity index (χ4n) is 1.12. The molecule has 0 saturated heterocycles. The fourth-order valence-corrected chi connectivity index (χ4v) is 2.40. The molecule has 1 aromatic heterocycles. The predicted molar refractivity (Wildman–Crippen MR) is 54.1 cm³/mol. The van der Waals surface area contributed by atoms with Crippen molar-refractivity contribution in [3.8, 4) is 0 Å². The number of hydrogen-bond acceptors (Lipinski definition) is 5. The highest BCUT2D eigenvalue weighted by atomic mass is 35.7. The van der Waals surface area contributed by atoms with E-state index in [9.17, 15) is 13.2 Å². The average Bonchev–Trinajstić information content (AvgIpc) is 2.57. The Morgan fingerprint density at radius 1 is 1.69 bits per heavy atom. The van der Waals surface area contributed by atoms with Gasteiger partial charge in [0.1, 0.15) is 5.56 Å². The lowest BCUT2D eigenvalue weighted by Gasteiger charge is -2.04. The second-order valence-corrected chi connectivity index (χ2v) is 5.30. The van der Waals surface area contributed by atoms with Crippen molar-refractivity contribution in [3.63, 3.8) is 0 Å². The number of ether oxygens (including phenoxy) is 1. The molecule has 7 nitrogen and oxygen atoms in total. The Kier molecular flexibility index (Phi) is 3.89. The van der Waals surface area contributed by atoms with E-state index >= 15 is 0 Å². The van der Waals surface area contributed by atoms with E-state index < -0.39 is 25.6 Å². The van der Waals surface area contributed by atoms with E-state index in [1.165, 1.54) is 7.11 Å². The lowest BCUT2D eigenvalue weighted by atomic mass is 10.4. The first-order valence-corrected chi connectivity index (χ1v) is 6.41. The van der Waals surface area contributed by atoms with Crippen LogP contribution in [0.5, 0.6) is 0 Å². The van der Waals surface area contributed by atoms with E-state index in [0.29, 0.717) is 0 Å². The zero-order valence-corrected chi connectivity index (χ0v) is 9.82. The van der Waals surface area contributed by atoms with E-state index in [0.717, 1.165) is 10.9 Å². The molecule has 16 heavy (non-hydrogen) atoms. The summed E-state index contributed by atoms with van der Waals surface area (Å²) in [7, 11) is 2.41. The van der Waals surface area contributed by atoms with E-state index in [-0.39, 0.29) is 13.2 Å². The molecule has 0 aromatic carbocycles. The van der Waals surface area contributed by atoms with Gasteiger partial charge in [-0.05, 0) is 0 Å². The summed E-state index contributed by atoms with van der Waals surface area (Å²) in [6, 6.07) is 0. The Morgan fingerprint density at radius 3 is 2.75 bits per heavy atom. The summed E-state index contributed by atoms with van der Waals surface area (Å²) in [5, 5.41) is 11.9. The number of halogens is 1. The minimum absolute atomic E-state index is 0.102. The molecule has 0 aliphatic rings. The molecule has 0 bridgehead atoms.